The van der Waals surface area contributed by atoms with E-state index in [4.69, 9.17) is 5.73 Å². The SMILES string of the molecule is CCS(=O)(=O)c1ccccc1-n1nc(N)cc1C. The third-order valence-electron chi connectivity index (χ3n) is 2.71. The molecule has 0 atom stereocenters. The average molecular weight is 265 g/mol. The zero-order valence-corrected chi connectivity index (χ0v) is 11.1. The fourth-order valence-corrected chi connectivity index (χ4v) is 2.86. The maximum atomic E-state index is 12.0. The number of nitrogens with two attached hydrogens (primary N) is 1. The van der Waals surface area contributed by atoms with E-state index in [9.17, 15) is 8.42 Å². The van der Waals surface area contributed by atoms with Gasteiger partial charge in [0.2, 0.25) is 0 Å². The molecule has 0 radical (unpaired) electrons. The number of sulfone groups is 1. The monoisotopic (exact) mass is 265 g/mol. The van der Waals surface area contributed by atoms with Crippen LogP contribution in [0, 0.1) is 6.92 Å². The van der Waals surface area contributed by atoms with Crippen molar-refractivity contribution < 1.29 is 8.42 Å². The molecule has 0 saturated heterocycles. The molecule has 96 valence electrons. The molecule has 6 heteroatoms. The second kappa shape index (κ2) is 4.45. The smallest absolute Gasteiger partial charge is 0.180 e. The van der Waals surface area contributed by atoms with Crippen LogP contribution in [0.25, 0.3) is 5.69 Å². The van der Waals surface area contributed by atoms with Crippen LogP contribution in [-0.4, -0.2) is 24.0 Å². The number of hydrogen-bond donors (Lipinski definition) is 1. The lowest BCUT2D eigenvalue weighted by molar-refractivity contribution is 0.596. The molecule has 0 aliphatic rings. The van der Waals surface area contributed by atoms with Crippen LogP contribution < -0.4 is 5.73 Å². The molecular weight excluding hydrogens is 250 g/mol. The minimum absolute atomic E-state index is 0.0554. The lowest BCUT2D eigenvalue weighted by Crippen LogP contribution is -2.10. The number of hydrogen-bond acceptors (Lipinski definition) is 4. The molecule has 2 N–H and O–H groups in total. The highest BCUT2D eigenvalue weighted by molar-refractivity contribution is 7.91. The van der Waals surface area contributed by atoms with Crippen LogP contribution in [0.15, 0.2) is 35.2 Å². The van der Waals surface area contributed by atoms with Gasteiger partial charge in [0.1, 0.15) is 5.82 Å². The van der Waals surface area contributed by atoms with Gasteiger partial charge >= 0.3 is 0 Å². The fraction of sp³-hybridized carbons (Fsp3) is 0.250. The number of para-hydroxylation sites is 1. The predicted octanol–water partition coefficient (Wildman–Crippen LogP) is 1.56. The van der Waals surface area contributed by atoms with Crippen LogP contribution in [0.4, 0.5) is 5.82 Å². The van der Waals surface area contributed by atoms with E-state index in [1.165, 1.54) is 0 Å². The van der Waals surface area contributed by atoms with Crippen LogP contribution >= 0.6 is 0 Å². The van der Waals surface area contributed by atoms with Crippen LogP contribution in [0.5, 0.6) is 0 Å². The number of aromatic nitrogens is 2. The quantitative estimate of drug-likeness (QED) is 0.913. The Kier molecular flexibility index (Phi) is 3.13. The number of aryl methyl sites for hydroxylation is 1. The van der Waals surface area contributed by atoms with Gasteiger partial charge in [0.25, 0.3) is 0 Å². The number of rotatable bonds is 3. The van der Waals surface area contributed by atoms with Gasteiger partial charge in [-0.25, -0.2) is 13.1 Å². The van der Waals surface area contributed by atoms with E-state index < -0.39 is 9.84 Å². The van der Waals surface area contributed by atoms with Gasteiger partial charge in [0, 0.05) is 11.8 Å². The Bertz CT molecular complexity index is 674. The van der Waals surface area contributed by atoms with E-state index in [-0.39, 0.29) is 10.6 Å². The first-order valence-corrected chi connectivity index (χ1v) is 7.25. The Morgan fingerprint density at radius 3 is 2.56 bits per heavy atom. The molecule has 1 heterocycles. The highest BCUT2D eigenvalue weighted by Gasteiger charge is 2.18. The second-order valence-electron chi connectivity index (χ2n) is 3.99. The molecule has 1 aromatic heterocycles. The number of nitrogen functional groups attached to an aromatic ring is 1. The molecule has 0 saturated carbocycles. The van der Waals surface area contributed by atoms with Gasteiger partial charge in [-0.1, -0.05) is 19.1 Å². The van der Waals surface area contributed by atoms with Crippen LogP contribution in [0.2, 0.25) is 0 Å². The van der Waals surface area contributed by atoms with E-state index in [1.807, 2.05) is 6.92 Å². The Labute approximate surface area is 106 Å². The van der Waals surface area contributed by atoms with E-state index in [2.05, 4.69) is 5.10 Å². The summed E-state index contributed by atoms with van der Waals surface area (Å²) in [7, 11) is -3.29. The van der Waals surface area contributed by atoms with E-state index in [0.717, 1.165) is 5.69 Å². The second-order valence-corrected chi connectivity index (χ2v) is 6.24. The van der Waals surface area contributed by atoms with Gasteiger partial charge < -0.3 is 5.73 Å². The number of anilines is 1. The van der Waals surface area contributed by atoms with Gasteiger partial charge in [0.05, 0.1) is 16.3 Å². The van der Waals surface area contributed by atoms with E-state index >= 15 is 0 Å². The third-order valence-corrected chi connectivity index (χ3v) is 4.49. The zero-order valence-electron chi connectivity index (χ0n) is 10.3. The summed E-state index contributed by atoms with van der Waals surface area (Å²) in [6.45, 7) is 3.45. The molecule has 1 aromatic carbocycles. The minimum Gasteiger partial charge on any atom is -0.382 e. The molecule has 0 aliphatic heterocycles. The van der Waals surface area contributed by atoms with Crippen molar-refractivity contribution in [1.82, 2.24) is 9.78 Å². The van der Waals surface area contributed by atoms with Crippen molar-refractivity contribution in [2.75, 3.05) is 11.5 Å². The van der Waals surface area contributed by atoms with Gasteiger partial charge in [-0.2, -0.15) is 5.10 Å². The lowest BCUT2D eigenvalue weighted by atomic mass is 10.3. The first-order chi connectivity index (χ1) is 8.45. The molecular formula is C12H15N3O2S. The van der Waals surface area contributed by atoms with Crippen molar-refractivity contribution in [3.05, 3.63) is 36.0 Å². The van der Waals surface area contributed by atoms with Crippen molar-refractivity contribution >= 4 is 15.7 Å². The Hall–Kier alpha value is -1.82. The van der Waals surface area contributed by atoms with Crippen molar-refractivity contribution in [2.45, 2.75) is 18.7 Å². The molecule has 0 aliphatic carbocycles. The standard InChI is InChI=1S/C12H15N3O2S/c1-3-18(16,17)11-7-5-4-6-10(11)15-9(2)8-12(13)14-15/h4-8H,3H2,1-2H3,(H2,13,14). The van der Waals surface area contributed by atoms with Gasteiger partial charge in [-0.05, 0) is 19.1 Å². The van der Waals surface area contributed by atoms with Crippen LogP contribution in [0.1, 0.15) is 12.6 Å². The largest absolute Gasteiger partial charge is 0.382 e. The maximum Gasteiger partial charge on any atom is 0.180 e. The molecule has 0 bridgehead atoms. The molecule has 0 unspecified atom stereocenters. The van der Waals surface area contributed by atoms with E-state index in [0.29, 0.717) is 11.5 Å². The Morgan fingerprint density at radius 1 is 1.33 bits per heavy atom. The normalized spacial score (nSPS) is 11.7. The number of benzene rings is 1. The molecule has 0 amide bonds. The summed E-state index contributed by atoms with van der Waals surface area (Å²) in [5.74, 6) is 0.427. The summed E-state index contributed by atoms with van der Waals surface area (Å²) >= 11 is 0. The van der Waals surface area contributed by atoms with Crippen molar-refractivity contribution in [2.24, 2.45) is 0 Å². The molecule has 2 aromatic rings. The molecule has 18 heavy (non-hydrogen) atoms. The molecule has 5 nitrogen and oxygen atoms in total. The van der Waals surface area contributed by atoms with Crippen molar-refractivity contribution in [3.63, 3.8) is 0 Å². The molecule has 0 spiro atoms. The van der Waals surface area contributed by atoms with Crippen LogP contribution in [0.3, 0.4) is 0 Å². The highest BCUT2D eigenvalue weighted by atomic mass is 32.2. The predicted molar refractivity (Wildman–Crippen MR) is 70.4 cm³/mol. The summed E-state index contributed by atoms with van der Waals surface area (Å²) < 4.78 is 25.6. The third kappa shape index (κ3) is 2.11. The van der Waals surface area contributed by atoms with Gasteiger partial charge in [-0.15, -0.1) is 0 Å². The maximum absolute atomic E-state index is 12.0. The van der Waals surface area contributed by atoms with Crippen molar-refractivity contribution in [1.29, 1.82) is 0 Å². The number of nitrogens with zero attached hydrogens (tertiary/aromatic N) is 2. The summed E-state index contributed by atoms with van der Waals surface area (Å²) in [5, 5.41) is 4.12. The molecule has 2 rings (SSSR count). The zero-order chi connectivity index (χ0) is 13.3. The summed E-state index contributed by atoms with van der Waals surface area (Å²) in [6, 6.07) is 8.50. The average Bonchev–Trinajstić information content (AvgIpc) is 2.68. The topological polar surface area (TPSA) is 78.0 Å². The molecule has 0 fully saturated rings. The highest BCUT2D eigenvalue weighted by Crippen LogP contribution is 2.22. The van der Waals surface area contributed by atoms with Crippen molar-refractivity contribution in [3.8, 4) is 5.69 Å². The van der Waals surface area contributed by atoms with Crippen LogP contribution in [-0.2, 0) is 9.84 Å². The Balaban J connectivity index is 2.70. The Morgan fingerprint density at radius 2 is 2.00 bits per heavy atom. The van der Waals surface area contributed by atoms with E-state index in [1.54, 1.807) is 41.9 Å². The summed E-state index contributed by atoms with van der Waals surface area (Å²) in [6.07, 6.45) is 0. The minimum atomic E-state index is -3.29. The van der Waals surface area contributed by atoms with Gasteiger partial charge in [0.15, 0.2) is 9.84 Å². The summed E-state index contributed by atoms with van der Waals surface area (Å²) in [4.78, 5) is 0.277. The summed E-state index contributed by atoms with van der Waals surface area (Å²) in [5.41, 5.74) is 6.96. The van der Waals surface area contributed by atoms with Gasteiger partial charge in [-0.3, -0.25) is 0 Å². The first kappa shape index (κ1) is 12.6. The lowest BCUT2D eigenvalue weighted by Gasteiger charge is -2.10. The fourth-order valence-electron chi connectivity index (χ4n) is 1.79. The first-order valence-electron chi connectivity index (χ1n) is 5.60.